The Balaban J connectivity index is 2.48. The van der Waals surface area contributed by atoms with Crippen LogP contribution in [-0.2, 0) is 0 Å². The molecule has 3 N–H and O–H groups in total. The highest BCUT2D eigenvalue weighted by Crippen LogP contribution is 2.27. The summed E-state index contributed by atoms with van der Waals surface area (Å²) in [7, 11) is 0. The van der Waals surface area contributed by atoms with Gasteiger partial charge in [-0.05, 0) is 30.4 Å². The first-order chi connectivity index (χ1) is 7.95. The van der Waals surface area contributed by atoms with Crippen molar-refractivity contribution in [3.8, 4) is 0 Å². The molecule has 1 rings (SSSR count). The van der Waals surface area contributed by atoms with Crippen LogP contribution in [0, 0.1) is 5.41 Å². The quantitative estimate of drug-likeness (QED) is 0.283. The molecule has 0 aliphatic rings. The minimum Gasteiger partial charge on any atom is -0.409 e. The van der Waals surface area contributed by atoms with Gasteiger partial charge in [0.2, 0.25) is 0 Å². The Kier molecular flexibility index (Phi) is 5.15. The minimum absolute atomic E-state index is 0.268. The number of hydrogen-bond donors (Lipinski definition) is 2. The first-order valence-electron chi connectivity index (χ1n) is 5.32. The van der Waals surface area contributed by atoms with Crippen LogP contribution >= 0.6 is 23.4 Å². The van der Waals surface area contributed by atoms with Crippen LogP contribution in [0.3, 0.4) is 0 Å². The number of amidine groups is 1. The van der Waals surface area contributed by atoms with E-state index in [0.717, 1.165) is 22.1 Å². The summed E-state index contributed by atoms with van der Waals surface area (Å²) in [6, 6.07) is 7.74. The molecular weight excluding hydrogens is 256 g/mol. The van der Waals surface area contributed by atoms with Crippen LogP contribution in [-0.4, -0.2) is 16.8 Å². The van der Waals surface area contributed by atoms with E-state index in [-0.39, 0.29) is 11.3 Å². The molecule has 5 heteroatoms. The summed E-state index contributed by atoms with van der Waals surface area (Å²) in [5, 5.41) is 12.5. The van der Waals surface area contributed by atoms with Crippen molar-refractivity contribution in [1.29, 1.82) is 0 Å². The molecule has 0 bridgehead atoms. The van der Waals surface area contributed by atoms with Crippen molar-refractivity contribution in [3.05, 3.63) is 29.3 Å². The number of rotatable bonds is 5. The lowest BCUT2D eigenvalue weighted by Gasteiger charge is -2.22. The zero-order valence-electron chi connectivity index (χ0n) is 9.98. The van der Waals surface area contributed by atoms with Crippen molar-refractivity contribution in [3.63, 3.8) is 0 Å². The maximum absolute atomic E-state index is 8.66. The molecule has 3 nitrogen and oxygen atoms in total. The third kappa shape index (κ3) is 4.48. The van der Waals surface area contributed by atoms with Gasteiger partial charge in [0, 0.05) is 15.3 Å². The second kappa shape index (κ2) is 6.17. The molecule has 94 valence electrons. The third-order valence-corrected chi connectivity index (χ3v) is 3.82. The summed E-state index contributed by atoms with van der Waals surface area (Å²) in [4.78, 5) is 1.13. The number of thioether (sulfide) groups is 1. The minimum atomic E-state index is -0.291. The Morgan fingerprint density at radius 3 is 2.82 bits per heavy atom. The van der Waals surface area contributed by atoms with Crippen molar-refractivity contribution >= 4 is 29.2 Å². The molecule has 0 fully saturated rings. The fourth-order valence-electron chi connectivity index (χ4n) is 1.24. The Morgan fingerprint density at radius 1 is 1.53 bits per heavy atom. The predicted molar refractivity (Wildman–Crippen MR) is 74.0 cm³/mol. The molecule has 1 aromatic rings. The Morgan fingerprint density at radius 2 is 2.24 bits per heavy atom. The standard InChI is InChI=1S/C12H17ClN2OS/c1-12(2,11(14)15-16)6-7-17-10-5-3-4-9(13)8-10/h3-5,8,16H,6-7H2,1-2H3,(H2,14,15). The van der Waals surface area contributed by atoms with E-state index in [1.807, 2.05) is 38.1 Å². The normalized spacial score (nSPS) is 12.8. The average Bonchev–Trinajstić information content (AvgIpc) is 2.27. The van der Waals surface area contributed by atoms with E-state index >= 15 is 0 Å². The first-order valence-corrected chi connectivity index (χ1v) is 6.68. The molecule has 0 aliphatic carbocycles. The third-order valence-electron chi connectivity index (χ3n) is 2.59. The van der Waals surface area contributed by atoms with Gasteiger partial charge in [0.15, 0.2) is 0 Å². The average molecular weight is 273 g/mol. The Labute approximate surface area is 111 Å². The number of halogens is 1. The zero-order valence-corrected chi connectivity index (χ0v) is 11.6. The van der Waals surface area contributed by atoms with E-state index < -0.39 is 0 Å². The summed E-state index contributed by atoms with van der Waals surface area (Å²) < 4.78 is 0. The summed E-state index contributed by atoms with van der Waals surface area (Å²) in [5.41, 5.74) is 5.33. The summed E-state index contributed by atoms with van der Waals surface area (Å²) in [5.74, 6) is 1.16. The van der Waals surface area contributed by atoms with Crippen LogP contribution in [0.2, 0.25) is 5.02 Å². The molecule has 0 saturated heterocycles. The van der Waals surface area contributed by atoms with E-state index in [1.165, 1.54) is 0 Å². The van der Waals surface area contributed by atoms with Crippen molar-refractivity contribution in [2.24, 2.45) is 16.3 Å². The molecule has 0 aromatic heterocycles. The topological polar surface area (TPSA) is 58.6 Å². The molecular formula is C12H17ClN2OS. The van der Waals surface area contributed by atoms with Gasteiger partial charge in [0.05, 0.1) is 0 Å². The van der Waals surface area contributed by atoms with Gasteiger partial charge in [0.1, 0.15) is 5.84 Å². The molecule has 0 heterocycles. The highest BCUT2D eigenvalue weighted by Gasteiger charge is 2.22. The monoisotopic (exact) mass is 272 g/mol. The lowest BCUT2D eigenvalue weighted by molar-refractivity contribution is 0.307. The molecule has 17 heavy (non-hydrogen) atoms. The van der Waals surface area contributed by atoms with Crippen molar-refractivity contribution in [2.45, 2.75) is 25.2 Å². The van der Waals surface area contributed by atoms with Crippen LogP contribution in [0.5, 0.6) is 0 Å². The molecule has 0 unspecified atom stereocenters. The summed E-state index contributed by atoms with van der Waals surface area (Å²) >= 11 is 7.61. The first kappa shape index (κ1) is 14.2. The Hall–Kier alpha value is -0.870. The van der Waals surface area contributed by atoms with Gasteiger partial charge >= 0.3 is 0 Å². The fraction of sp³-hybridized carbons (Fsp3) is 0.417. The van der Waals surface area contributed by atoms with Crippen molar-refractivity contribution < 1.29 is 5.21 Å². The molecule has 1 aromatic carbocycles. The van der Waals surface area contributed by atoms with E-state index in [0.29, 0.717) is 0 Å². The summed E-state index contributed by atoms with van der Waals surface area (Å²) in [6.07, 6.45) is 0.833. The predicted octanol–water partition coefficient (Wildman–Crippen LogP) is 3.59. The van der Waals surface area contributed by atoms with Gasteiger partial charge in [-0.15, -0.1) is 11.8 Å². The van der Waals surface area contributed by atoms with Crippen molar-refractivity contribution in [1.82, 2.24) is 0 Å². The highest BCUT2D eigenvalue weighted by molar-refractivity contribution is 7.99. The van der Waals surface area contributed by atoms with E-state index in [9.17, 15) is 0 Å². The van der Waals surface area contributed by atoms with Gasteiger partial charge in [-0.3, -0.25) is 0 Å². The van der Waals surface area contributed by atoms with Gasteiger partial charge in [0.25, 0.3) is 0 Å². The molecule has 0 saturated carbocycles. The van der Waals surface area contributed by atoms with Crippen LogP contribution < -0.4 is 5.73 Å². The van der Waals surface area contributed by atoms with Crippen LogP contribution in [0.1, 0.15) is 20.3 Å². The van der Waals surface area contributed by atoms with Crippen LogP contribution in [0.25, 0.3) is 0 Å². The Bertz CT molecular complexity index is 407. The lowest BCUT2D eigenvalue weighted by atomic mass is 9.89. The lowest BCUT2D eigenvalue weighted by Crippen LogP contribution is -2.32. The zero-order chi connectivity index (χ0) is 12.9. The molecule has 0 radical (unpaired) electrons. The SMILES string of the molecule is CC(C)(CCSc1cccc(Cl)c1)C(N)=NO. The maximum Gasteiger partial charge on any atom is 0.144 e. The number of benzene rings is 1. The van der Waals surface area contributed by atoms with Gasteiger partial charge in [-0.1, -0.05) is 36.7 Å². The van der Waals surface area contributed by atoms with E-state index in [4.69, 9.17) is 22.5 Å². The maximum atomic E-state index is 8.66. The molecule has 0 amide bonds. The highest BCUT2D eigenvalue weighted by atomic mass is 35.5. The number of nitrogens with zero attached hydrogens (tertiary/aromatic N) is 1. The van der Waals surface area contributed by atoms with Gasteiger partial charge < -0.3 is 10.9 Å². The number of oxime groups is 1. The van der Waals surface area contributed by atoms with E-state index in [1.54, 1.807) is 11.8 Å². The summed E-state index contributed by atoms with van der Waals surface area (Å²) in [6.45, 7) is 3.92. The van der Waals surface area contributed by atoms with Crippen LogP contribution in [0.4, 0.5) is 0 Å². The van der Waals surface area contributed by atoms with E-state index in [2.05, 4.69) is 5.16 Å². The smallest absolute Gasteiger partial charge is 0.144 e. The van der Waals surface area contributed by atoms with Gasteiger partial charge in [-0.25, -0.2) is 0 Å². The molecule has 0 spiro atoms. The van der Waals surface area contributed by atoms with Crippen LogP contribution in [0.15, 0.2) is 34.3 Å². The largest absolute Gasteiger partial charge is 0.409 e. The fourth-order valence-corrected chi connectivity index (χ4v) is 2.73. The number of hydrogen-bond acceptors (Lipinski definition) is 3. The second-order valence-electron chi connectivity index (χ2n) is 4.42. The molecule has 0 atom stereocenters. The van der Waals surface area contributed by atoms with Crippen molar-refractivity contribution in [2.75, 3.05) is 5.75 Å². The van der Waals surface area contributed by atoms with Gasteiger partial charge in [-0.2, -0.15) is 0 Å². The number of nitrogens with two attached hydrogens (primary N) is 1. The molecule has 0 aliphatic heterocycles. The second-order valence-corrected chi connectivity index (χ2v) is 6.03.